The quantitative estimate of drug-likeness (QED) is 0.769. The Bertz CT molecular complexity index is 415. The van der Waals surface area contributed by atoms with Crippen LogP contribution < -0.4 is 0 Å². The molecule has 1 aromatic carbocycles. The monoisotopic (exact) mass is 271 g/mol. The van der Waals surface area contributed by atoms with Crippen molar-refractivity contribution >= 4 is 21.8 Å². The number of carbonyl (C=O) groups is 1. The fourth-order valence-electron chi connectivity index (χ4n) is 1.51. The molecule has 1 aromatic rings. The molecule has 1 fully saturated rings. The molecule has 0 unspecified atom stereocenters. The predicted molar refractivity (Wildman–Crippen MR) is 59.4 cm³/mol. The summed E-state index contributed by atoms with van der Waals surface area (Å²) in [5.74, 6) is -0.307. The minimum atomic E-state index is -0.290. The smallest absolute Gasteiger partial charge is 0.255 e. The fraction of sp³-hybridized carbons (Fsp3) is 0.364. The summed E-state index contributed by atoms with van der Waals surface area (Å²) in [5.41, 5.74) is 1.05. The second-order valence-corrected chi connectivity index (χ2v) is 4.58. The van der Waals surface area contributed by atoms with Crippen LogP contribution in [-0.2, 0) is 0 Å². The van der Waals surface area contributed by atoms with Gasteiger partial charge in [0.15, 0.2) is 0 Å². The number of likely N-dealkylation sites (tertiary alicyclic amines) is 1. The number of aryl methyl sites for hydroxylation is 1. The Balaban J connectivity index is 2.34. The molecule has 0 aromatic heterocycles. The maximum absolute atomic E-state index is 13.2. The van der Waals surface area contributed by atoms with Gasteiger partial charge in [0.2, 0.25) is 0 Å². The largest absolute Gasteiger partial charge is 0.338 e. The lowest BCUT2D eigenvalue weighted by molar-refractivity contribution is 0.0650. The van der Waals surface area contributed by atoms with Crippen molar-refractivity contribution in [3.8, 4) is 0 Å². The van der Waals surface area contributed by atoms with Crippen molar-refractivity contribution in [2.75, 3.05) is 13.1 Å². The first-order valence-electron chi connectivity index (χ1n) is 4.84. The maximum Gasteiger partial charge on any atom is 0.255 e. The van der Waals surface area contributed by atoms with Gasteiger partial charge in [-0.25, -0.2) is 4.39 Å². The summed E-state index contributed by atoms with van der Waals surface area (Å²) in [5, 5.41) is 0. The number of rotatable bonds is 1. The Hall–Kier alpha value is -0.900. The summed E-state index contributed by atoms with van der Waals surface area (Å²) in [6.07, 6.45) is 1.06. The number of carbonyl (C=O) groups excluding carboxylic acids is 1. The average molecular weight is 272 g/mol. The zero-order valence-electron chi connectivity index (χ0n) is 8.39. The van der Waals surface area contributed by atoms with Gasteiger partial charge >= 0.3 is 0 Å². The predicted octanol–water partition coefficient (Wildman–Crippen LogP) is 2.74. The Morgan fingerprint density at radius 1 is 1.47 bits per heavy atom. The van der Waals surface area contributed by atoms with E-state index in [4.69, 9.17) is 0 Å². The van der Waals surface area contributed by atoms with Crippen LogP contribution in [0.3, 0.4) is 0 Å². The van der Waals surface area contributed by atoms with E-state index in [9.17, 15) is 9.18 Å². The molecule has 0 atom stereocenters. The van der Waals surface area contributed by atoms with Crippen molar-refractivity contribution in [3.05, 3.63) is 33.5 Å². The van der Waals surface area contributed by atoms with E-state index in [1.54, 1.807) is 17.9 Å². The number of halogens is 2. The first kappa shape index (κ1) is 10.6. The third-order valence-corrected chi connectivity index (χ3v) is 3.28. The normalized spacial score (nSPS) is 15.0. The molecule has 1 saturated heterocycles. The van der Waals surface area contributed by atoms with E-state index in [1.165, 1.54) is 6.07 Å². The van der Waals surface area contributed by atoms with Gasteiger partial charge in [0, 0.05) is 17.6 Å². The Morgan fingerprint density at radius 2 is 2.13 bits per heavy atom. The second-order valence-electron chi connectivity index (χ2n) is 3.73. The molecule has 4 heteroatoms. The third-order valence-electron chi connectivity index (χ3n) is 2.62. The molecule has 0 aliphatic carbocycles. The van der Waals surface area contributed by atoms with Crippen molar-refractivity contribution in [1.29, 1.82) is 0 Å². The molecule has 2 nitrogen and oxygen atoms in total. The van der Waals surface area contributed by atoms with Crippen LogP contribution in [0.1, 0.15) is 22.3 Å². The van der Waals surface area contributed by atoms with Crippen LogP contribution in [0.25, 0.3) is 0 Å². The van der Waals surface area contributed by atoms with E-state index < -0.39 is 0 Å². The lowest BCUT2D eigenvalue weighted by atomic mass is 10.1. The van der Waals surface area contributed by atoms with Crippen LogP contribution in [0.5, 0.6) is 0 Å². The first-order valence-corrected chi connectivity index (χ1v) is 5.64. The molecule has 2 rings (SSSR count). The van der Waals surface area contributed by atoms with Crippen molar-refractivity contribution < 1.29 is 9.18 Å². The van der Waals surface area contributed by atoms with E-state index in [1.807, 2.05) is 0 Å². The molecule has 15 heavy (non-hydrogen) atoms. The van der Waals surface area contributed by atoms with Gasteiger partial charge in [-0.05, 0) is 47.0 Å². The van der Waals surface area contributed by atoms with Crippen molar-refractivity contribution in [2.24, 2.45) is 0 Å². The number of hydrogen-bond acceptors (Lipinski definition) is 1. The average Bonchev–Trinajstić information content (AvgIpc) is 2.08. The summed E-state index contributed by atoms with van der Waals surface area (Å²) >= 11 is 3.22. The Labute approximate surface area is 96.2 Å². The van der Waals surface area contributed by atoms with Crippen LogP contribution in [0.2, 0.25) is 0 Å². The molecule has 1 heterocycles. The van der Waals surface area contributed by atoms with Gasteiger partial charge in [-0.15, -0.1) is 0 Å². The minimum Gasteiger partial charge on any atom is -0.338 e. The summed E-state index contributed by atoms with van der Waals surface area (Å²) in [4.78, 5) is 13.6. The second kappa shape index (κ2) is 3.93. The lowest BCUT2D eigenvalue weighted by Gasteiger charge is -2.31. The number of hydrogen-bond donors (Lipinski definition) is 0. The summed E-state index contributed by atoms with van der Waals surface area (Å²) in [7, 11) is 0. The Kier molecular flexibility index (Phi) is 2.78. The van der Waals surface area contributed by atoms with Crippen LogP contribution in [0.4, 0.5) is 4.39 Å². The SMILES string of the molecule is Cc1cc(C(=O)N2CCC2)c(Br)cc1F. The van der Waals surface area contributed by atoms with Crippen LogP contribution in [0.15, 0.2) is 16.6 Å². The van der Waals surface area contributed by atoms with Crippen LogP contribution in [0, 0.1) is 12.7 Å². The summed E-state index contributed by atoms with van der Waals surface area (Å²) < 4.78 is 13.7. The number of amides is 1. The fourth-order valence-corrected chi connectivity index (χ4v) is 2.00. The highest BCUT2D eigenvalue weighted by atomic mass is 79.9. The zero-order chi connectivity index (χ0) is 11.0. The van der Waals surface area contributed by atoms with E-state index >= 15 is 0 Å². The molecule has 0 N–H and O–H groups in total. The van der Waals surface area contributed by atoms with Gasteiger partial charge < -0.3 is 4.90 Å². The van der Waals surface area contributed by atoms with Crippen molar-refractivity contribution in [3.63, 3.8) is 0 Å². The maximum atomic E-state index is 13.2. The van der Waals surface area contributed by atoms with Gasteiger partial charge in [0.25, 0.3) is 5.91 Å². The minimum absolute atomic E-state index is 0.0174. The molecule has 0 spiro atoms. The molecule has 1 aliphatic heterocycles. The molecular formula is C11H11BrFNO. The van der Waals surface area contributed by atoms with Gasteiger partial charge in [0.05, 0.1) is 5.56 Å². The molecule has 0 bridgehead atoms. The highest BCUT2D eigenvalue weighted by Gasteiger charge is 2.23. The van der Waals surface area contributed by atoms with Crippen molar-refractivity contribution in [2.45, 2.75) is 13.3 Å². The number of benzene rings is 1. The van der Waals surface area contributed by atoms with Crippen LogP contribution >= 0.6 is 15.9 Å². The topological polar surface area (TPSA) is 20.3 Å². The molecule has 0 radical (unpaired) electrons. The number of nitrogens with zero attached hydrogens (tertiary/aromatic N) is 1. The van der Waals surface area contributed by atoms with Gasteiger partial charge in [-0.3, -0.25) is 4.79 Å². The Morgan fingerprint density at radius 3 is 2.67 bits per heavy atom. The zero-order valence-corrected chi connectivity index (χ0v) is 9.97. The lowest BCUT2D eigenvalue weighted by Crippen LogP contribution is -2.42. The van der Waals surface area contributed by atoms with E-state index in [0.717, 1.165) is 19.5 Å². The highest BCUT2D eigenvalue weighted by molar-refractivity contribution is 9.10. The first-order chi connectivity index (χ1) is 7.09. The molecule has 0 saturated carbocycles. The summed E-state index contributed by atoms with van der Waals surface area (Å²) in [6.45, 7) is 3.28. The van der Waals surface area contributed by atoms with E-state index in [2.05, 4.69) is 15.9 Å². The van der Waals surface area contributed by atoms with Crippen molar-refractivity contribution in [1.82, 2.24) is 4.90 Å². The molecule has 1 amide bonds. The highest BCUT2D eigenvalue weighted by Crippen LogP contribution is 2.24. The summed E-state index contributed by atoms with van der Waals surface area (Å²) in [6, 6.07) is 2.95. The molecular weight excluding hydrogens is 261 g/mol. The molecule has 80 valence electrons. The van der Waals surface area contributed by atoms with Gasteiger partial charge in [0.1, 0.15) is 5.82 Å². The van der Waals surface area contributed by atoms with Gasteiger partial charge in [-0.1, -0.05) is 0 Å². The van der Waals surface area contributed by atoms with E-state index in [0.29, 0.717) is 15.6 Å². The standard InChI is InChI=1S/C11H11BrFNO/c1-7-5-8(9(12)6-10(7)13)11(15)14-3-2-4-14/h5-6H,2-4H2,1H3. The van der Waals surface area contributed by atoms with Gasteiger partial charge in [-0.2, -0.15) is 0 Å². The molecule has 1 aliphatic rings. The third kappa shape index (κ3) is 1.91. The van der Waals surface area contributed by atoms with E-state index in [-0.39, 0.29) is 11.7 Å². The van der Waals surface area contributed by atoms with Crippen LogP contribution in [-0.4, -0.2) is 23.9 Å².